The van der Waals surface area contributed by atoms with E-state index in [-0.39, 0.29) is 0 Å². The molecule has 0 bridgehead atoms. The maximum Gasteiger partial charge on any atom is 0.190 e. The quantitative estimate of drug-likeness (QED) is 0.174. The molecule has 222 valence electrons. The number of rotatable bonds is 6. The molecule has 0 unspecified atom stereocenters. The molecule has 0 fully saturated rings. The maximum absolute atomic E-state index is 9.44. The summed E-state index contributed by atoms with van der Waals surface area (Å²) in [5.41, 5.74) is 12.6. The number of pyridine rings is 3. The van der Waals surface area contributed by atoms with Crippen LogP contribution in [0.3, 0.4) is 0 Å². The van der Waals surface area contributed by atoms with Crippen molar-refractivity contribution >= 4 is 5.69 Å². The molecule has 0 saturated carbocycles. The van der Waals surface area contributed by atoms with Crippen LogP contribution in [0.15, 0.2) is 146 Å². The minimum absolute atomic E-state index is 0.541. The highest BCUT2D eigenvalue weighted by molar-refractivity contribution is 5.85. The van der Waals surface area contributed by atoms with Crippen molar-refractivity contribution < 1.29 is 0 Å². The van der Waals surface area contributed by atoms with Gasteiger partial charge < -0.3 is 0 Å². The van der Waals surface area contributed by atoms with Crippen molar-refractivity contribution in [1.29, 1.82) is 10.5 Å². The predicted molar refractivity (Wildman–Crippen MR) is 188 cm³/mol. The molecule has 3 heterocycles. The van der Waals surface area contributed by atoms with Crippen LogP contribution in [0.1, 0.15) is 11.1 Å². The average molecular weight is 613 g/mol. The molecule has 3 aromatic heterocycles. The van der Waals surface area contributed by atoms with Crippen molar-refractivity contribution in [2.24, 2.45) is 0 Å². The van der Waals surface area contributed by atoms with Gasteiger partial charge in [0, 0.05) is 29.7 Å². The lowest BCUT2D eigenvalue weighted by Crippen LogP contribution is -1.90. The van der Waals surface area contributed by atoms with Gasteiger partial charge in [-0.3, -0.25) is 15.0 Å². The van der Waals surface area contributed by atoms with Crippen molar-refractivity contribution in [1.82, 2.24) is 15.0 Å². The number of hydrogen-bond donors (Lipinski definition) is 0. The molecule has 6 nitrogen and oxygen atoms in total. The second-order valence-electron chi connectivity index (χ2n) is 11.1. The predicted octanol–water partition coefficient (Wildman–Crippen LogP) is 10.2. The van der Waals surface area contributed by atoms with E-state index >= 15 is 0 Å². The highest BCUT2D eigenvalue weighted by Gasteiger charge is 2.12. The van der Waals surface area contributed by atoms with Gasteiger partial charge in [-0.25, -0.2) is 4.85 Å². The van der Waals surface area contributed by atoms with Gasteiger partial charge in [-0.1, -0.05) is 54.6 Å². The molecule has 0 N–H and O–H groups in total. The van der Waals surface area contributed by atoms with Crippen molar-refractivity contribution in [2.75, 3.05) is 0 Å². The first-order chi connectivity index (χ1) is 23.6. The zero-order valence-corrected chi connectivity index (χ0v) is 25.5. The number of aromatic nitrogens is 3. The van der Waals surface area contributed by atoms with E-state index in [1.165, 1.54) is 0 Å². The normalized spacial score (nSPS) is 10.4. The SMILES string of the molecule is [C-]#[N+]c1ccnc(-c2cccc(-c3cc(-c4cccc(-c5cc(C#N)ccn5)c4)cc(-c4cccc(-c5cc(C#N)ccn5)c4)c3)c2)c1. The fourth-order valence-electron chi connectivity index (χ4n) is 5.66. The highest BCUT2D eigenvalue weighted by Crippen LogP contribution is 2.36. The third-order valence-electron chi connectivity index (χ3n) is 8.06. The maximum atomic E-state index is 9.44. The largest absolute Gasteiger partial charge is 0.259 e. The molecular formula is C42H24N6. The van der Waals surface area contributed by atoms with Crippen LogP contribution in [0.5, 0.6) is 0 Å². The van der Waals surface area contributed by atoms with Gasteiger partial charge in [0.25, 0.3) is 0 Å². The zero-order chi connectivity index (χ0) is 32.9. The lowest BCUT2D eigenvalue weighted by Gasteiger charge is -2.14. The summed E-state index contributed by atoms with van der Waals surface area (Å²) in [6, 6.07) is 45.9. The number of hydrogen-bond acceptors (Lipinski definition) is 5. The fraction of sp³-hybridized carbons (Fsp3) is 0. The van der Waals surface area contributed by atoms with Gasteiger partial charge in [0.05, 0.1) is 46.9 Å². The first-order valence-corrected chi connectivity index (χ1v) is 15.1. The van der Waals surface area contributed by atoms with Crippen LogP contribution in [-0.4, -0.2) is 15.0 Å². The highest BCUT2D eigenvalue weighted by atomic mass is 14.7. The summed E-state index contributed by atoms with van der Waals surface area (Å²) in [5.74, 6) is 0. The van der Waals surface area contributed by atoms with Crippen LogP contribution in [-0.2, 0) is 0 Å². The Morgan fingerprint density at radius 1 is 0.417 bits per heavy atom. The molecule has 0 aliphatic carbocycles. The zero-order valence-electron chi connectivity index (χ0n) is 25.5. The first-order valence-electron chi connectivity index (χ1n) is 15.1. The monoisotopic (exact) mass is 612 g/mol. The molecule has 0 aliphatic heterocycles. The Morgan fingerprint density at radius 2 is 0.771 bits per heavy atom. The molecule has 6 heteroatoms. The van der Waals surface area contributed by atoms with E-state index < -0.39 is 0 Å². The number of benzene rings is 4. The molecular weight excluding hydrogens is 589 g/mol. The first kappa shape index (κ1) is 29.5. The Hall–Kier alpha value is -7.20. The van der Waals surface area contributed by atoms with Gasteiger partial charge in [0.15, 0.2) is 5.69 Å². The number of nitriles is 2. The smallest absolute Gasteiger partial charge is 0.190 e. The lowest BCUT2D eigenvalue weighted by atomic mass is 9.91. The summed E-state index contributed by atoms with van der Waals surface area (Å²) >= 11 is 0. The average Bonchev–Trinajstić information content (AvgIpc) is 3.18. The molecule has 7 aromatic rings. The van der Waals surface area contributed by atoms with Gasteiger partial charge in [-0.05, 0) is 112 Å². The summed E-state index contributed by atoms with van der Waals surface area (Å²) in [4.78, 5) is 17.1. The van der Waals surface area contributed by atoms with E-state index in [2.05, 4.69) is 86.5 Å². The molecule has 48 heavy (non-hydrogen) atoms. The van der Waals surface area contributed by atoms with Crippen LogP contribution in [0, 0.1) is 29.2 Å². The Kier molecular flexibility index (Phi) is 8.01. The van der Waals surface area contributed by atoms with Gasteiger partial charge in [0.1, 0.15) is 0 Å². The van der Waals surface area contributed by atoms with E-state index in [4.69, 9.17) is 6.57 Å². The summed E-state index contributed by atoms with van der Waals surface area (Å²) in [5, 5.41) is 18.9. The van der Waals surface area contributed by atoms with Gasteiger partial charge in [-0.15, -0.1) is 0 Å². The summed E-state index contributed by atoms with van der Waals surface area (Å²) in [7, 11) is 0. The fourth-order valence-corrected chi connectivity index (χ4v) is 5.66. The van der Waals surface area contributed by atoms with E-state index in [0.717, 1.165) is 67.2 Å². The van der Waals surface area contributed by atoms with E-state index in [1.807, 2.05) is 36.4 Å². The Labute approximate surface area is 278 Å². The Morgan fingerprint density at radius 3 is 1.17 bits per heavy atom. The molecule has 7 rings (SSSR count). The second-order valence-corrected chi connectivity index (χ2v) is 11.1. The summed E-state index contributed by atoms with van der Waals surface area (Å²) in [6.07, 6.45) is 4.97. The van der Waals surface area contributed by atoms with E-state index in [0.29, 0.717) is 16.8 Å². The Balaban J connectivity index is 1.38. The van der Waals surface area contributed by atoms with Crippen LogP contribution < -0.4 is 0 Å². The molecule has 0 atom stereocenters. The molecule has 0 radical (unpaired) electrons. The third-order valence-corrected chi connectivity index (χ3v) is 8.06. The molecule has 0 spiro atoms. The number of nitrogens with zero attached hydrogens (tertiary/aromatic N) is 6. The molecule has 4 aromatic carbocycles. The Bertz CT molecular complexity index is 2170. The summed E-state index contributed by atoms with van der Waals surface area (Å²) in [6.45, 7) is 7.43. The lowest BCUT2D eigenvalue weighted by molar-refractivity contribution is 1.31. The van der Waals surface area contributed by atoms with Crippen molar-refractivity contribution in [3.05, 3.63) is 169 Å². The second kappa shape index (κ2) is 13.0. The van der Waals surface area contributed by atoms with E-state index in [1.54, 1.807) is 55.0 Å². The molecule has 0 amide bonds. The van der Waals surface area contributed by atoms with Crippen molar-refractivity contribution in [3.63, 3.8) is 0 Å². The van der Waals surface area contributed by atoms with Crippen molar-refractivity contribution in [3.8, 4) is 79.3 Å². The van der Waals surface area contributed by atoms with Crippen LogP contribution in [0.25, 0.3) is 72.0 Å². The van der Waals surface area contributed by atoms with Crippen molar-refractivity contribution in [2.45, 2.75) is 0 Å². The topological polar surface area (TPSA) is 90.6 Å². The van der Waals surface area contributed by atoms with Crippen LogP contribution >= 0.6 is 0 Å². The van der Waals surface area contributed by atoms with Gasteiger partial charge >= 0.3 is 0 Å². The van der Waals surface area contributed by atoms with Crippen LogP contribution in [0.4, 0.5) is 5.69 Å². The summed E-state index contributed by atoms with van der Waals surface area (Å²) < 4.78 is 0. The minimum atomic E-state index is 0.541. The standard InChI is InChI=1S/C42H24N6/c1-45-39-13-16-48-42(25-39)35-10-4-7-32(21-35)38-23-36(30-5-2-8-33(19-30)40-17-28(26-43)11-14-46-40)22-37(24-38)31-6-3-9-34(20-31)41-18-29(27-44)12-15-47-41/h2-25H. The van der Waals surface area contributed by atoms with Gasteiger partial charge in [-0.2, -0.15) is 10.5 Å². The molecule has 0 saturated heterocycles. The van der Waals surface area contributed by atoms with Crippen LogP contribution in [0.2, 0.25) is 0 Å². The van der Waals surface area contributed by atoms with Gasteiger partial charge in [0.2, 0.25) is 0 Å². The molecule has 0 aliphatic rings. The third kappa shape index (κ3) is 6.17. The minimum Gasteiger partial charge on any atom is -0.259 e. The van der Waals surface area contributed by atoms with E-state index in [9.17, 15) is 10.5 Å².